The van der Waals surface area contributed by atoms with Crippen LogP contribution >= 0.6 is 0 Å². The van der Waals surface area contributed by atoms with E-state index in [0.29, 0.717) is 0 Å². The van der Waals surface area contributed by atoms with E-state index in [-0.39, 0.29) is 6.04 Å². The quantitative estimate of drug-likeness (QED) is 0.711. The van der Waals surface area contributed by atoms with Crippen molar-refractivity contribution >= 4 is 0 Å². The van der Waals surface area contributed by atoms with Gasteiger partial charge in [0.2, 0.25) is 0 Å². The molecule has 0 aliphatic rings. The smallest absolute Gasteiger partial charge is 0.109 e. The summed E-state index contributed by atoms with van der Waals surface area (Å²) in [5, 5.41) is 3.35. The van der Waals surface area contributed by atoms with E-state index in [1.54, 1.807) is 0 Å². The van der Waals surface area contributed by atoms with Crippen molar-refractivity contribution in [2.75, 3.05) is 6.54 Å². The van der Waals surface area contributed by atoms with Crippen molar-refractivity contribution in [3.05, 3.63) is 18.2 Å². The third-order valence-corrected chi connectivity index (χ3v) is 2.44. The molecule has 0 aliphatic heterocycles. The molecule has 0 radical (unpaired) electrons. The highest BCUT2D eigenvalue weighted by molar-refractivity contribution is 4.99. The van der Waals surface area contributed by atoms with Gasteiger partial charge >= 0.3 is 0 Å². The lowest BCUT2D eigenvalue weighted by molar-refractivity contribution is 0.556. The molecule has 0 amide bonds. The van der Waals surface area contributed by atoms with E-state index in [1.807, 2.05) is 24.0 Å². The number of aromatic nitrogens is 2. The zero-order chi connectivity index (χ0) is 11.1. The lowest BCUT2D eigenvalue weighted by atomic mass is 10.2. The van der Waals surface area contributed by atoms with E-state index in [4.69, 9.17) is 6.42 Å². The molecule has 1 aromatic heterocycles. The van der Waals surface area contributed by atoms with E-state index in [9.17, 15) is 0 Å². The molecule has 82 valence electrons. The van der Waals surface area contributed by atoms with Gasteiger partial charge in [0.05, 0.1) is 6.04 Å². The molecule has 0 saturated heterocycles. The van der Waals surface area contributed by atoms with Crippen molar-refractivity contribution in [2.45, 2.75) is 32.2 Å². The molecule has 1 heterocycles. The molecule has 0 aliphatic carbocycles. The van der Waals surface area contributed by atoms with Gasteiger partial charge in [0, 0.05) is 32.4 Å². The predicted molar refractivity (Wildman–Crippen MR) is 62.4 cm³/mol. The maximum absolute atomic E-state index is 5.41. The SMILES string of the molecule is C#CC(CCC)NCCc1nccn1C. The van der Waals surface area contributed by atoms with Crippen LogP contribution in [0.4, 0.5) is 0 Å². The first-order valence-electron chi connectivity index (χ1n) is 5.43. The minimum atomic E-state index is 0.204. The maximum Gasteiger partial charge on any atom is 0.109 e. The van der Waals surface area contributed by atoms with E-state index < -0.39 is 0 Å². The van der Waals surface area contributed by atoms with Gasteiger partial charge in [-0.3, -0.25) is 0 Å². The number of nitrogens with one attached hydrogen (secondary N) is 1. The highest BCUT2D eigenvalue weighted by Gasteiger charge is 2.03. The summed E-state index contributed by atoms with van der Waals surface area (Å²) < 4.78 is 2.03. The Morgan fingerprint density at radius 3 is 3.00 bits per heavy atom. The highest BCUT2D eigenvalue weighted by Crippen LogP contribution is 1.97. The average Bonchev–Trinajstić information content (AvgIpc) is 2.63. The summed E-state index contributed by atoms with van der Waals surface area (Å²) >= 11 is 0. The van der Waals surface area contributed by atoms with Crippen LogP contribution in [-0.4, -0.2) is 22.1 Å². The van der Waals surface area contributed by atoms with E-state index in [2.05, 4.69) is 23.1 Å². The second kappa shape index (κ2) is 6.26. The first-order chi connectivity index (χ1) is 7.27. The minimum Gasteiger partial charge on any atom is -0.338 e. The van der Waals surface area contributed by atoms with Crippen LogP contribution in [-0.2, 0) is 13.5 Å². The molecular weight excluding hydrogens is 186 g/mol. The Morgan fingerprint density at radius 1 is 1.67 bits per heavy atom. The molecule has 15 heavy (non-hydrogen) atoms. The number of imidazole rings is 1. The van der Waals surface area contributed by atoms with Crippen molar-refractivity contribution in [2.24, 2.45) is 7.05 Å². The van der Waals surface area contributed by atoms with Gasteiger partial charge in [-0.05, 0) is 6.42 Å². The Balaban J connectivity index is 2.27. The number of rotatable bonds is 6. The zero-order valence-electron chi connectivity index (χ0n) is 9.53. The molecule has 1 unspecified atom stereocenters. The van der Waals surface area contributed by atoms with Crippen LogP contribution in [0, 0.1) is 12.3 Å². The summed E-state index contributed by atoms with van der Waals surface area (Å²) in [6.45, 7) is 3.03. The number of hydrogen-bond donors (Lipinski definition) is 1. The second-order valence-electron chi connectivity index (χ2n) is 3.67. The van der Waals surface area contributed by atoms with Crippen LogP contribution in [0.3, 0.4) is 0 Å². The monoisotopic (exact) mass is 205 g/mol. The highest BCUT2D eigenvalue weighted by atomic mass is 15.0. The first kappa shape index (κ1) is 11.8. The molecule has 1 atom stereocenters. The molecule has 0 aromatic carbocycles. The van der Waals surface area contributed by atoms with Crippen LogP contribution < -0.4 is 5.32 Å². The van der Waals surface area contributed by atoms with Gasteiger partial charge in [-0.15, -0.1) is 6.42 Å². The van der Waals surface area contributed by atoms with Crippen LogP contribution in [0.1, 0.15) is 25.6 Å². The molecule has 0 bridgehead atoms. The molecule has 1 aromatic rings. The van der Waals surface area contributed by atoms with Crippen LogP contribution in [0.2, 0.25) is 0 Å². The fourth-order valence-electron chi connectivity index (χ4n) is 1.53. The summed E-state index contributed by atoms with van der Waals surface area (Å²) in [5.41, 5.74) is 0. The fraction of sp³-hybridized carbons (Fsp3) is 0.583. The predicted octanol–water partition coefficient (Wildman–Crippen LogP) is 1.35. The van der Waals surface area contributed by atoms with Gasteiger partial charge in [-0.1, -0.05) is 19.3 Å². The first-order valence-corrected chi connectivity index (χ1v) is 5.43. The van der Waals surface area contributed by atoms with Crippen molar-refractivity contribution in [3.63, 3.8) is 0 Å². The zero-order valence-corrected chi connectivity index (χ0v) is 9.53. The molecule has 0 fully saturated rings. The standard InChI is InChI=1S/C12H19N3/c1-4-6-11(5-2)13-8-7-12-14-9-10-15(12)3/h2,9-11,13H,4,6-8H2,1,3H3. The maximum atomic E-state index is 5.41. The van der Waals surface area contributed by atoms with Gasteiger partial charge in [0.25, 0.3) is 0 Å². The normalized spacial score (nSPS) is 12.3. The molecule has 3 heteroatoms. The Morgan fingerprint density at radius 2 is 2.47 bits per heavy atom. The van der Waals surface area contributed by atoms with Gasteiger partial charge in [-0.25, -0.2) is 4.98 Å². The van der Waals surface area contributed by atoms with Crippen molar-refractivity contribution in [3.8, 4) is 12.3 Å². The lowest BCUT2D eigenvalue weighted by Gasteiger charge is -2.11. The summed E-state index contributed by atoms with van der Waals surface area (Å²) in [6, 6.07) is 0.204. The Kier molecular flexibility index (Phi) is 4.92. The number of hydrogen-bond acceptors (Lipinski definition) is 2. The fourth-order valence-corrected chi connectivity index (χ4v) is 1.53. The van der Waals surface area contributed by atoms with Crippen LogP contribution in [0.25, 0.3) is 0 Å². The number of nitrogens with zero attached hydrogens (tertiary/aromatic N) is 2. The summed E-state index contributed by atoms with van der Waals surface area (Å²) in [6.07, 6.45) is 12.3. The molecule has 0 spiro atoms. The Bertz CT molecular complexity index is 322. The lowest BCUT2D eigenvalue weighted by Crippen LogP contribution is -2.29. The topological polar surface area (TPSA) is 29.9 Å². The van der Waals surface area contributed by atoms with Gasteiger partial charge < -0.3 is 9.88 Å². The van der Waals surface area contributed by atoms with Gasteiger partial charge in [0.15, 0.2) is 0 Å². The van der Waals surface area contributed by atoms with E-state index in [1.165, 1.54) is 0 Å². The Labute approximate surface area is 91.9 Å². The number of terminal acetylenes is 1. The third-order valence-electron chi connectivity index (χ3n) is 2.44. The summed E-state index contributed by atoms with van der Waals surface area (Å²) in [5.74, 6) is 3.85. The molecular formula is C12H19N3. The van der Waals surface area contributed by atoms with Crippen LogP contribution in [0.15, 0.2) is 12.4 Å². The van der Waals surface area contributed by atoms with Crippen molar-refractivity contribution in [1.29, 1.82) is 0 Å². The summed E-state index contributed by atoms with van der Waals surface area (Å²) in [7, 11) is 2.01. The second-order valence-corrected chi connectivity index (χ2v) is 3.67. The third kappa shape index (κ3) is 3.77. The largest absolute Gasteiger partial charge is 0.338 e. The van der Waals surface area contributed by atoms with Crippen molar-refractivity contribution < 1.29 is 0 Å². The van der Waals surface area contributed by atoms with Gasteiger partial charge in [-0.2, -0.15) is 0 Å². The average molecular weight is 205 g/mol. The van der Waals surface area contributed by atoms with Crippen LogP contribution in [0.5, 0.6) is 0 Å². The van der Waals surface area contributed by atoms with Crippen molar-refractivity contribution in [1.82, 2.24) is 14.9 Å². The number of aryl methyl sites for hydroxylation is 1. The summed E-state index contributed by atoms with van der Waals surface area (Å²) in [4.78, 5) is 4.26. The minimum absolute atomic E-state index is 0.204. The van der Waals surface area contributed by atoms with E-state index >= 15 is 0 Å². The molecule has 3 nitrogen and oxygen atoms in total. The Hall–Kier alpha value is -1.27. The molecule has 1 N–H and O–H groups in total. The molecule has 1 rings (SSSR count). The molecule has 0 saturated carbocycles. The van der Waals surface area contributed by atoms with Gasteiger partial charge in [0.1, 0.15) is 5.82 Å². The van der Waals surface area contributed by atoms with E-state index in [0.717, 1.165) is 31.6 Å².